The van der Waals surface area contributed by atoms with Crippen molar-refractivity contribution in [3.63, 3.8) is 0 Å². The van der Waals surface area contributed by atoms with Crippen LogP contribution in [0, 0.1) is 0 Å². The van der Waals surface area contributed by atoms with E-state index in [2.05, 4.69) is 10.1 Å². The summed E-state index contributed by atoms with van der Waals surface area (Å²) in [5, 5.41) is 11.4. The second kappa shape index (κ2) is 8.09. The molecule has 0 unspecified atom stereocenters. The molecule has 0 radical (unpaired) electrons. The number of carbonyl (C=O) groups is 2. The Morgan fingerprint density at radius 1 is 1.20 bits per heavy atom. The Morgan fingerprint density at radius 3 is 2.32 bits per heavy atom. The highest BCUT2D eigenvalue weighted by molar-refractivity contribution is 5.80. The number of alkyl carbamates (subject to hydrolysis) is 1. The fraction of sp³-hybridized carbons (Fsp3) is 0.500. The second-order valence-electron chi connectivity index (χ2n) is 6.23. The molecule has 0 saturated carbocycles. The second-order valence-corrected chi connectivity index (χ2v) is 6.23. The predicted octanol–water partition coefficient (Wildman–Crippen LogP) is 3.50. The average molecular weight is 363 g/mol. The van der Waals surface area contributed by atoms with Crippen LogP contribution in [0.25, 0.3) is 0 Å². The smallest absolute Gasteiger partial charge is 0.480 e. The van der Waals surface area contributed by atoms with Gasteiger partial charge in [-0.2, -0.15) is 0 Å². The zero-order chi connectivity index (χ0) is 19.3. The van der Waals surface area contributed by atoms with Crippen LogP contribution in [0.2, 0.25) is 0 Å². The van der Waals surface area contributed by atoms with E-state index in [1.54, 1.807) is 20.8 Å². The Bertz CT molecular complexity index is 611. The molecule has 0 spiro atoms. The molecule has 1 atom stereocenters. The van der Waals surface area contributed by atoms with E-state index in [4.69, 9.17) is 4.74 Å². The summed E-state index contributed by atoms with van der Waals surface area (Å²) in [4.78, 5) is 22.9. The van der Waals surface area contributed by atoms with Gasteiger partial charge < -0.3 is 19.9 Å². The number of amides is 1. The van der Waals surface area contributed by atoms with Crippen molar-refractivity contribution in [1.82, 2.24) is 5.32 Å². The lowest BCUT2D eigenvalue weighted by molar-refractivity contribution is -0.274. The Labute approximate surface area is 142 Å². The number of benzene rings is 1. The van der Waals surface area contributed by atoms with Gasteiger partial charge in [0.15, 0.2) is 0 Å². The standard InChI is InChI=1S/C16H20F3NO5/c1-15(2,3)25-14(23)20-11(13(21)22)9-8-10-6-4-5-7-12(10)24-16(17,18)19/h4-7,11H,8-9H2,1-3H3,(H,20,23)(H,21,22)/t11-/m1/s1. The summed E-state index contributed by atoms with van der Waals surface area (Å²) in [6, 6.07) is 4.11. The number of carbonyl (C=O) groups excluding carboxylic acids is 1. The molecule has 0 heterocycles. The van der Waals surface area contributed by atoms with Crippen molar-refractivity contribution in [3.8, 4) is 5.75 Å². The third-order valence-electron chi connectivity index (χ3n) is 2.89. The van der Waals surface area contributed by atoms with Crippen molar-refractivity contribution < 1.29 is 37.3 Å². The molecule has 1 amide bonds. The number of halogens is 3. The first-order valence-electron chi connectivity index (χ1n) is 7.43. The number of para-hydroxylation sites is 1. The number of carboxylic acids is 1. The highest BCUT2D eigenvalue weighted by Gasteiger charge is 2.32. The summed E-state index contributed by atoms with van der Waals surface area (Å²) in [7, 11) is 0. The number of nitrogens with one attached hydrogen (secondary N) is 1. The molecule has 0 aromatic heterocycles. The van der Waals surface area contributed by atoms with Crippen LogP contribution in [0.4, 0.5) is 18.0 Å². The van der Waals surface area contributed by atoms with Gasteiger partial charge in [0.25, 0.3) is 0 Å². The van der Waals surface area contributed by atoms with Crippen LogP contribution >= 0.6 is 0 Å². The van der Waals surface area contributed by atoms with Crippen molar-refractivity contribution in [3.05, 3.63) is 29.8 Å². The van der Waals surface area contributed by atoms with Crippen LogP contribution in [0.1, 0.15) is 32.8 Å². The molecular formula is C16H20F3NO5. The van der Waals surface area contributed by atoms with E-state index < -0.39 is 35.8 Å². The van der Waals surface area contributed by atoms with Gasteiger partial charge in [0.2, 0.25) is 0 Å². The van der Waals surface area contributed by atoms with Gasteiger partial charge in [-0.3, -0.25) is 0 Å². The molecule has 2 N–H and O–H groups in total. The largest absolute Gasteiger partial charge is 0.573 e. The Balaban J connectivity index is 2.76. The van der Waals surface area contributed by atoms with Gasteiger partial charge in [-0.25, -0.2) is 9.59 Å². The van der Waals surface area contributed by atoms with Crippen molar-refractivity contribution in [2.24, 2.45) is 0 Å². The summed E-state index contributed by atoms with van der Waals surface area (Å²) >= 11 is 0. The van der Waals surface area contributed by atoms with E-state index in [9.17, 15) is 27.9 Å². The van der Waals surface area contributed by atoms with Gasteiger partial charge in [0.1, 0.15) is 17.4 Å². The van der Waals surface area contributed by atoms with E-state index >= 15 is 0 Å². The van der Waals surface area contributed by atoms with Gasteiger partial charge in [-0.1, -0.05) is 18.2 Å². The summed E-state index contributed by atoms with van der Waals surface area (Å²) in [5.41, 5.74) is -0.627. The molecule has 9 heteroatoms. The monoisotopic (exact) mass is 363 g/mol. The topological polar surface area (TPSA) is 84.9 Å². The molecule has 6 nitrogen and oxygen atoms in total. The zero-order valence-corrected chi connectivity index (χ0v) is 14.0. The van der Waals surface area contributed by atoms with Crippen LogP contribution in [-0.4, -0.2) is 35.2 Å². The zero-order valence-electron chi connectivity index (χ0n) is 14.0. The number of aliphatic carboxylic acids is 1. The van der Waals surface area contributed by atoms with Gasteiger partial charge in [-0.15, -0.1) is 13.2 Å². The number of rotatable bonds is 6. The lowest BCUT2D eigenvalue weighted by Crippen LogP contribution is -2.43. The van der Waals surface area contributed by atoms with Crippen molar-refractivity contribution >= 4 is 12.1 Å². The highest BCUT2D eigenvalue weighted by Crippen LogP contribution is 2.27. The van der Waals surface area contributed by atoms with Gasteiger partial charge >= 0.3 is 18.4 Å². The van der Waals surface area contributed by atoms with E-state index in [-0.39, 0.29) is 18.4 Å². The van der Waals surface area contributed by atoms with Crippen molar-refractivity contribution in [1.29, 1.82) is 0 Å². The number of aryl methyl sites for hydroxylation is 1. The van der Waals surface area contributed by atoms with Gasteiger partial charge in [0.05, 0.1) is 0 Å². The summed E-state index contributed by atoms with van der Waals surface area (Å²) in [6.07, 6.45) is -5.94. The molecule has 1 aromatic rings. The Kier molecular flexibility index (Phi) is 6.66. The number of hydrogen-bond acceptors (Lipinski definition) is 4. The fourth-order valence-corrected chi connectivity index (χ4v) is 1.94. The molecule has 0 fully saturated rings. The predicted molar refractivity (Wildman–Crippen MR) is 82.2 cm³/mol. The van der Waals surface area contributed by atoms with Gasteiger partial charge in [-0.05, 0) is 45.2 Å². The first kappa shape index (κ1) is 20.6. The van der Waals surface area contributed by atoms with Crippen LogP contribution in [0.5, 0.6) is 5.75 Å². The Hall–Kier alpha value is -2.45. The maximum Gasteiger partial charge on any atom is 0.573 e. The molecular weight excluding hydrogens is 343 g/mol. The number of carboxylic acid groups (broad SMARTS) is 1. The van der Waals surface area contributed by atoms with Crippen LogP contribution in [0.15, 0.2) is 24.3 Å². The molecule has 0 aliphatic carbocycles. The minimum Gasteiger partial charge on any atom is -0.480 e. The van der Waals surface area contributed by atoms with Crippen LogP contribution in [-0.2, 0) is 16.0 Å². The normalized spacial score (nSPS) is 13.0. The van der Waals surface area contributed by atoms with E-state index in [0.717, 1.165) is 6.07 Å². The lowest BCUT2D eigenvalue weighted by Gasteiger charge is -2.22. The average Bonchev–Trinajstić information content (AvgIpc) is 2.40. The van der Waals surface area contributed by atoms with Crippen molar-refractivity contribution in [2.75, 3.05) is 0 Å². The molecule has 0 aliphatic heterocycles. The third kappa shape index (κ3) is 8.27. The molecule has 0 saturated heterocycles. The SMILES string of the molecule is CC(C)(C)OC(=O)N[C@H](CCc1ccccc1OC(F)(F)F)C(=O)O. The van der Waals surface area contributed by atoms with Gasteiger partial charge in [0, 0.05) is 0 Å². The minimum absolute atomic E-state index is 0.0426. The fourth-order valence-electron chi connectivity index (χ4n) is 1.94. The van der Waals surface area contributed by atoms with Crippen LogP contribution in [0.3, 0.4) is 0 Å². The van der Waals surface area contributed by atoms with E-state index in [1.165, 1.54) is 18.2 Å². The summed E-state index contributed by atoms with van der Waals surface area (Å²) < 4.78 is 46.1. The molecule has 0 aliphatic rings. The number of ether oxygens (including phenoxy) is 2. The lowest BCUT2D eigenvalue weighted by atomic mass is 10.0. The first-order valence-corrected chi connectivity index (χ1v) is 7.43. The highest BCUT2D eigenvalue weighted by atomic mass is 19.4. The quantitative estimate of drug-likeness (QED) is 0.808. The van der Waals surface area contributed by atoms with Crippen LogP contribution < -0.4 is 10.1 Å². The third-order valence-corrected chi connectivity index (χ3v) is 2.89. The summed E-state index contributed by atoms with van der Waals surface area (Å²) in [6.45, 7) is 4.85. The molecule has 0 bridgehead atoms. The molecule has 25 heavy (non-hydrogen) atoms. The maximum atomic E-state index is 12.4. The number of alkyl halides is 3. The molecule has 1 aromatic carbocycles. The minimum atomic E-state index is -4.85. The summed E-state index contributed by atoms with van der Waals surface area (Å²) in [5.74, 6) is -1.73. The molecule has 140 valence electrons. The maximum absolute atomic E-state index is 12.4. The van der Waals surface area contributed by atoms with E-state index in [0.29, 0.717) is 0 Å². The molecule has 1 rings (SSSR count). The Morgan fingerprint density at radius 2 is 1.80 bits per heavy atom. The van der Waals surface area contributed by atoms with Crippen molar-refractivity contribution in [2.45, 2.75) is 51.6 Å². The van der Waals surface area contributed by atoms with E-state index in [1.807, 2.05) is 0 Å². The number of hydrogen-bond donors (Lipinski definition) is 2. The first-order chi connectivity index (χ1) is 11.4.